The summed E-state index contributed by atoms with van der Waals surface area (Å²) in [7, 11) is 0.137. The van der Waals surface area contributed by atoms with Crippen LogP contribution < -0.4 is 9.34 Å². The molecule has 0 N–H and O–H groups in total. The van der Waals surface area contributed by atoms with E-state index in [1.165, 1.54) is 11.4 Å². The van der Waals surface area contributed by atoms with Gasteiger partial charge in [0.1, 0.15) is 11.4 Å². The summed E-state index contributed by atoms with van der Waals surface area (Å²) < 4.78 is 5.13. The number of nitrogens with zero attached hydrogens (tertiary/aromatic N) is 2. The standard InChI is InChI=1S/C14H23N2P/c1-13(2,3)15-11-9-7-8-10-12(11)16(17-15)14(4,5)6/h7-10,17H,1-6H3/p+1. The van der Waals surface area contributed by atoms with Crippen LogP contribution in [-0.2, 0) is 0 Å². The summed E-state index contributed by atoms with van der Waals surface area (Å²) in [5.74, 6) is 0. The fourth-order valence-corrected chi connectivity index (χ4v) is 3.79. The third-order valence-corrected chi connectivity index (χ3v) is 5.64. The van der Waals surface area contributed by atoms with Gasteiger partial charge in [0.2, 0.25) is 0 Å². The summed E-state index contributed by atoms with van der Waals surface area (Å²) in [5, 5.41) is 0. The fraction of sp³-hybridized carbons (Fsp3) is 0.571. The molecule has 0 radical (unpaired) electrons. The molecule has 1 aliphatic rings. The minimum Gasteiger partial charge on any atom is -0.224 e. The maximum atomic E-state index is 2.56. The van der Waals surface area contributed by atoms with Crippen molar-refractivity contribution in [1.82, 2.24) is 0 Å². The van der Waals surface area contributed by atoms with E-state index in [2.05, 4.69) is 75.1 Å². The molecule has 17 heavy (non-hydrogen) atoms. The first kappa shape index (κ1) is 12.7. The van der Waals surface area contributed by atoms with Gasteiger partial charge in [0.25, 0.3) is 0 Å². The monoisotopic (exact) mass is 251 g/mol. The molecule has 0 spiro atoms. The smallest absolute Gasteiger partial charge is 0.171 e. The third kappa shape index (κ3) is 2.28. The highest BCUT2D eigenvalue weighted by Gasteiger charge is 2.42. The Morgan fingerprint density at radius 1 is 0.765 bits per heavy atom. The lowest BCUT2D eigenvalue weighted by atomic mass is 10.1. The number of anilines is 2. The van der Waals surface area contributed by atoms with E-state index >= 15 is 0 Å². The van der Waals surface area contributed by atoms with Crippen LogP contribution in [0.2, 0.25) is 0 Å². The minimum absolute atomic E-state index is 0.137. The van der Waals surface area contributed by atoms with Crippen LogP contribution in [-0.4, -0.2) is 11.1 Å². The van der Waals surface area contributed by atoms with E-state index < -0.39 is 0 Å². The van der Waals surface area contributed by atoms with E-state index in [-0.39, 0.29) is 20.0 Å². The van der Waals surface area contributed by atoms with Crippen molar-refractivity contribution < 1.29 is 0 Å². The van der Waals surface area contributed by atoms with Crippen LogP contribution in [0, 0.1) is 0 Å². The Bertz CT molecular complexity index is 376. The molecule has 0 saturated carbocycles. The molecule has 1 heterocycles. The zero-order chi connectivity index (χ0) is 12.8. The molecule has 1 aromatic carbocycles. The van der Waals surface area contributed by atoms with Gasteiger partial charge in [0, 0.05) is 0 Å². The predicted molar refractivity (Wildman–Crippen MR) is 80.6 cm³/mol. The minimum atomic E-state index is 0.137. The summed E-state index contributed by atoms with van der Waals surface area (Å²) in [4.78, 5) is 0. The molecule has 0 aliphatic carbocycles. The lowest BCUT2D eigenvalue weighted by molar-refractivity contribution is 0.579. The quantitative estimate of drug-likeness (QED) is 0.639. The molecule has 0 fully saturated rings. The zero-order valence-corrected chi connectivity index (χ0v) is 12.9. The lowest BCUT2D eigenvalue weighted by Gasteiger charge is -2.31. The van der Waals surface area contributed by atoms with Crippen LogP contribution in [0.25, 0.3) is 0 Å². The number of rotatable bonds is 0. The molecule has 0 bridgehead atoms. The van der Waals surface area contributed by atoms with Gasteiger partial charge in [-0.3, -0.25) is 0 Å². The number of hydrogen-bond donors (Lipinski definition) is 0. The van der Waals surface area contributed by atoms with Gasteiger partial charge >= 0.3 is 0 Å². The Labute approximate surface area is 107 Å². The van der Waals surface area contributed by atoms with Gasteiger partial charge in [-0.1, -0.05) is 12.1 Å². The van der Waals surface area contributed by atoms with Crippen molar-refractivity contribution >= 4 is 20.3 Å². The molecular weight excluding hydrogens is 227 g/mol. The molecule has 94 valence electrons. The highest BCUT2D eigenvalue weighted by atomic mass is 31.1. The van der Waals surface area contributed by atoms with Gasteiger partial charge in [-0.15, -0.1) is 0 Å². The molecule has 0 aromatic heterocycles. The zero-order valence-electron chi connectivity index (χ0n) is 11.8. The van der Waals surface area contributed by atoms with Crippen molar-refractivity contribution in [1.29, 1.82) is 0 Å². The van der Waals surface area contributed by atoms with Crippen LogP contribution in [0.1, 0.15) is 41.5 Å². The average Bonchev–Trinajstić information content (AvgIpc) is 2.55. The Morgan fingerprint density at radius 3 is 1.41 bits per heavy atom. The Hall–Kier alpha value is -0.750. The first-order valence-electron chi connectivity index (χ1n) is 6.24. The van der Waals surface area contributed by atoms with Crippen molar-refractivity contribution in [2.24, 2.45) is 0 Å². The summed E-state index contributed by atoms with van der Waals surface area (Å²) >= 11 is 0. The van der Waals surface area contributed by atoms with Crippen molar-refractivity contribution in [2.75, 3.05) is 9.34 Å². The molecule has 3 heteroatoms. The molecule has 1 aromatic rings. The Kier molecular flexibility index (Phi) is 2.90. The van der Waals surface area contributed by atoms with Crippen molar-refractivity contribution in [3.05, 3.63) is 24.3 Å². The lowest BCUT2D eigenvalue weighted by Crippen LogP contribution is -2.38. The molecule has 2 nitrogen and oxygen atoms in total. The van der Waals surface area contributed by atoms with E-state index in [4.69, 9.17) is 0 Å². The first-order chi connectivity index (χ1) is 7.71. The van der Waals surface area contributed by atoms with Gasteiger partial charge in [0.15, 0.2) is 8.88 Å². The maximum Gasteiger partial charge on any atom is 0.171 e. The summed E-state index contributed by atoms with van der Waals surface area (Å²) in [6.45, 7) is 13.8. The topological polar surface area (TPSA) is 6.48 Å². The highest BCUT2D eigenvalue weighted by molar-refractivity contribution is 7.43. The van der Waals surface area contributed by atoms with Crippen LogP contribution in [0.4, 0.5) is 11.4 Å². The second-order valence-electron chi connectivity index (χ2n) is 6.69. The number of hydrogen-bond acceptors (Lipinski definition) is 2. The van der Waals surface area contributed by atoms with Gasteiger partial charge in [-0.25, -0.2) is 9.34 Å². The highest BCUT2D eigenvalue weighted by Crippen LogP contribution is 2.54. The van der Waals surface area contributed by atoms with E-state index in [1.54, 1.807) is 0 Å². The number of para-hydroxylation sites is 2. The fourth-order valence-electron chi connectivity index (χ4n) is 2.18. The van der Waals surface area contributed by atoms with Gasteiger partial charge in [-0.2, -0.15) is 0 Å². The SMILES string of the molecule is CC(C)(C)N1[PH2+]N(C(C)(C)C)c2ccccc21. The van der Waals surface area contributed by atoms with Crippen LogP contribution in [0.5, 0.6) is 0 Å². The van der Waals surface area contributed by atoms with Crippen LogP contribution >= 0.6 is 8.88 Å². The average molecular weight is 251 g/mol. The number of fused-ring (bicyclic) bond motifs is 1. The van der Waals surface area contributed by atoms with Crippen molar-refractivity contribution in [3.63, 3.8) is 0 Å². The van der Waals surface area contributed by atoms with E-state index in [9.17, 15) is 0 Å². The third-order valence-electron chi connectivity index (χ3n) is 3.08. The summed E-state index contributed by atoms with van der Waals surface area (Å²) in [6.07, 6.45) is 0. The van der Waals surface area contributed by atoms with Crippen molar-refractivity contribution in [3.8, 4) is 0 Å². The van der Waals surface area contributed by atoms with Gasteiger partial charge in [-0.05, 0) is 53.7 Å². The first-order valence-corrected chi connectivity index (χ1v) is 7.27. The largest absolute Gasteiger partial charge is 0.224 e. The second-order valence-corrected chi connectivity index (χ2v) is 7.95. The summed E-state index contributed by atoms with van der Waals surface area (Å²) in [6, 6.07) is 8.78. The van der Waals surface area contributed by atoms with E-state index in [1.807, 2.05) is 0 Å². The van der Waals surface area contributed by atoms with Gasteiger partial charge in [0.05, 0.1) is 11.1 Å². The predicted octanol–water partition coefficient (Wildman–Crippen LogP) is 4.15. The van der Waals surface area contributed by atoms with Crippen LogP contribution in [0.15, 0.2) is 24.3 Å². The molecule has 0 unspecified atom stereocenters. The van der Waals surface area contributed by atoms with E-state index in [0.29, 0.717) is 0 Å². The molecule has 0 atom stereocenters. The molecular formula is C14H24N2P+. The van der Waals surface area contributed by atoms with Crippen molar-refractivity contribution in [2.45, 2.75) is 52.6 Å². The summed E-state index contributed by atoms with van der Waals surface area (Å²) in [5.41, 5.74) is 3.19. The normalized spacial score (nSPS) is 16.4. The second kappa shape index (κ2) is 3.88. The molecule has 2 rings (SSSR count). The maximum absolute atomic E-state index is 2.56. The van der Waals surface area contributed by atoms with Crippen LogP contribution in [0.3, 0.4) is 0 Å². The van der Waals surface area contributed by atoms with E-state index in [0.717, 1.165) is 0 Å². The number of benzene rings is 1. The molecule has 1 aliphatic heterocycles. The Morgan fingerprint density at radius 2 is 1.12 bits per heavy atom. The molecule has 0 saturated heterocycles. The molecule has 0 amide bonds. The van der Waals surface area contributed by atoms with Gasteiger partial charge < -0.3 is 0 Å². The Balaban J connectivity index is 2.47.